The molecule has 1 saturated carbocycles. The minimum Gasteiger partial charge on any atom is -0.480 e. The maximum atomic E-state index is 12.6. The number of rotatable bonds is 5. The molecular weight excluding hydrogens is 254 g/mol. The van der Waals surface area contributed by atoms with Crippen LogP contribution in [0.1, 0.15) is 38.2 Å². The van der Waals surface area contributed by atoms with Gasteiger partial charge in [0, 0.05) is 12.5 Å². The van der Waals surface area contributed by atoms with E-state index in [1.807, 2.05) is 30.3 Å². The van der Waals surface area contributed by atoms with Crippen LogP contribution in [0.3, 0.4) is 0 Å². The van der Waals surface area contributed by atoms with E-state index < -0.39 is 12.0 Å². The molecule has 1 amide bonds. The number of nitrogens with zero attached hydrogens (tertiary/aromatic N) is 1. The first-order valence-electron chi connectivity index (χ1n) is 7.17. The van der Waals surface area contributed by atoms with E-state index in [2.05, 4.69) is 0 Å². The molecule has 0 bridgehead atoms. The Morgan fingerprint density at radius 3 is 2.40 bits per heavy atom. The van der Waals surface area contributed by atoms with Crippen LogP contribution in [-0.4, -0.2) is 27.9 Å². The Bertz CT molecular complexity index is 466. The van der Waals surface area contributed by atoms with Gasteiger partial charge in [0.15, 0.2) is 0 Å². The molecule has 1 aromatic carbocycles. The molecule has 1 aromatic rings. The zero-order chi connectivity index (χ0) is 14.5. The van der Waals surface area contributed by atoms with Crippen molar-refractivity contribution in [1.82, 2.24) is 4.90 Å². The number of carboxylic acids is 1. The Balaban J connectivity index is 2.15. The van der Waals surface area contributed by atoms with Gasteiger partial charge in [0.05, 0.1) is 0 Å². The van der Waals surface area contributed by atoms with Gasteiger partial charge in [-0.15, -0.1) is 0 Å². The lowest BCUT2D eigenvalue weighted by molar-refractivity contribution is -0.151. The number of hydrogen-bond acceptors (Lipinski definition) is 2. The molecule has 0 aliphatic heterocycles. The number of hydrogen-bond donors (Lipinski definition) is 1. The lowest BCUT2D eigenvalue weighted by Crippen LogP contribution is -2.45. The lowest BCUT2D eigenvalue weighted by atomic mass is 10.0. The van der Waals surface area contributed by atoms with Gasteiger partial charge in [-0.3, -0.25) is 4.79 Å². The number of carboxylic acid groups (broad SMARTS) is 1. The summed E-state index contributed by atoms with van der Waals surface area (Å²) >= 11 is 0. The largest absolute Gasteiger partial charge is 0.480 e. The first-order valence-corrected chi connectivity index (χ1v) is 7.17. The predicted molar refractivity (Wildman–Crippen MR) is 76.0 cm³/mol. The standard InChI is InChI=1S/C16H21NO3/c1-12(16(19)20)17(11-13-7-3-2-4-8-13)15(18)14-9-5-6-10-14/h2-4,7-8,12,14H,5-6,9-11H2,1H3,(H,19,20). The first kappa shape index (κ1) is 14.6. The van der Waals surface area contributed by atoms with Crippen LogP contribution >= 0.6 is 0 Å². The molecule has 0 radical (unpaired) electrons. The first-order chi connectivity index (χ1) is 9.59. The van der Waals surface area contributed by atoms with Gasteiger partial charge in [-0.05, 0) is 25.3 Å². The molecule has 4 heteroatoms. The van der Waals surface area contributed by atoms with Crippen molar-refractivity contribution >= 4 is 11.9 Å². The molecular formula is C16H21NO3. The number of amides is 1. The fraction of sp³-hybridized carbons (Fsp3) is 0.500. The quantitative estimate of drug-likeness (QED) is 0.898. The van der Waals surface area contributed by atoms with Crippen molar-refractivity contribution in [3.8, 4) is 0 Å². The Labute approximate surface area is 119 Å². The summed E-state index contributed by atoms with van der Waals surface area (Å²) < 4.78 is 0. The lowest BCUT2D eigenvalue weighted by Gasteiger charge is -2.29. The summed E-state index contributed by atoms with van der Waals surface area (Å²) in [5.41, 5.74) is 0.965. The minimum atomic E-state index is -0.952. The summed E-state index contributed by atoms with van der Waals surface area (Å²) in [4.78, 5) is 25.3. The van der Waals surface area contributed by atoms with Crippen LogP contribution in [0.2, 0.25) is 0 Å². The Morgan fingerprint density at radius 1 is 1.25 bits per heavy atom. The zero-order valence-electron chi connectivity index (χ0n) is 11.8. The van der Waals surface area contributed by atoms with Gasteiger partial charge >= 0.3 is 5.97 Å². The molecule has 1 atom stereocenters. The molecule has 1 unspecified atom stereocenters. The van der Waals surface area contributed by atoms with E-state index >= 15 is 0 Å². The SMILES string of the molecule is CC(C(=O)O)N(Cc1ccccc1)C(=O)C1CCCC1. The summed E-state index contributed by atoms with van der Waals surface area (Å²) in [5.74, 6) is -0.964. The fourth-order valence-electron chi connectivity index (χ4n) is 2.73. The van der Waals surface area contributed by atoms with Crippen LogP contribution < -0.4 is 0 Å². The number of benzene rings is 1. The normalized spacial score (nSPS) is 16.9. The van der Waals surface area contributed by atoms with Gasteiger partial charge < -0.3 is 10.0 Å². The Kier molecular flexibility index (Phi) is 4.77. The van der Waals surface area contributed by atoms with E-state index in [0.717, 1.165) is 31.2 Å². The smallest absolute Gasteiger partial charge is 0.326 e. The molecule has 1 N–H and O–H groups in total. The number of aliphatic carboxylic acids is 1. The van der Waals surface area contributed by atoms with Crippen molar-refractivity contribution in [1.29, 1.82) is 0 Å². The second-order valence-electron chi connectivity index (χ2n) is 5.45. The van der Waals surface area contributed by atoms with Crippen molar-refractivity contribution < 1.29 is 14.7 Å². The molecule has 0 aromatic heterocycles. The summed E-state index contributed by atoms with van der Waals surface area (Å²) in [6.07, 6.45) is 3.90. The van der Waals surface area contributed by atoms with Crippen molar-refractivity contribution in [2.45, 2.75) is 45.2 Å². The second-order valence-corrected chi connectivity index (χ2v) is 5.45. The van der Waals surface area contributed by atoms with Gasteiger partial charge in [0.25, 0.3) is 0 Å². The highest BCUT2D eigenvalue weighted by molar-refractivity contribution is 5.85. The van der Waals surface area contributed by atoms with Crippen molar-refractivity contribution in [3.05, 3.63) is 35.9 Å². The summed E-state index contributed by atoms with van der Waals surface area (Å²) in [7, 11) is 0. The van der Waals surface area contributed by atoms with E-state index in [9.17, 15) is 14.7 Å². The highest BCUT2D eigenvalue weighted by Crippen LogP contribution is 2.28. The van der Waals surface area contributed by atoms with E-state index in [1.165, 1.54) is 4.90 Å². The maximum absolute atomic E-state index is 12.6. The average molecular weight is 275 g/mol. The molecule has 0 saturated heterocycles. The van der Waals surface area contributed by atoms with Crippen LogP contribution in [0.25, 0.3) is 0 Å². The summed E-state index contributed by atoms with van der Waals surface area (Å²) in [6, 6.07) is 8.77. The van der Waals surface area contributed by atoms with E-state index in [1.54, 1.807) is 6.92 Å². The molecule has 2 rings (SSSR count). The zero-order valence-corrected chi connectivity index (χ0v) is 11.8. The molecule has 4 nitrogen and oxygen atoms in total. The predicted octanol–water partition coefficient (Wildman–Crippen LogP) is 2.68. The summed E-state index contributed by atoms with van der Waals surface area (Å²) in [5, 5.41) is 9.23. The average Bonchev–Trinajstić information content (AvgIpc) is 2.98. The van der Waals surface area contributed by atoms with Crippen molar-refractivity contribution in [2.75, 3.05) is 0 Å². The highest BCUT2D eigenvalue weighted by Gasteiger charge is 2.32. The van der Waals surface area contributed by atoms with Gasteiger partial charge in [-0.25, -0.2) is 4.79 Å². The third kappa shape index (κ3) is 3.38. The monoisotopic (exact) mass is 275 g/mol. The third-order valence-electron chi connectivity index (χ3n) is 4.01. The second kappa shape index (κ2) is 6.55. The van der Waals surface area contributed by atoms with Crippen LogP contribution in [0.5, 0.6) is 0 Å². The van der Waals surface area contributed by atoms with E-state index in [-0.39, 0.29) is 11.8 Å². The molecule has 108 valence electrons. The van der Waals surface area contributed by atoms with Gasteiger partial charge in [-0.1, -0.05) is 43.2 Å². The third-order valence-corrected chi connectivity index (χ3v) is 4.01. The van der Waals surface area contributed by atoms with E-state index in [4.69, 9.17) is 0 Å². The molecule has 1 aliphatic carbocycles. The van der Waals surface area contributed by atoms with Crippen LogP contribution in [0.15, 0.2) is 30.3 Å². The number of carbonyl (C=O) groups is 2. The Morgan fingerprint density at radius 2 is 1.85 bits per heavy atom. The Hall–Kier alpha value is -1.84. The van der Waals surface area contributed by atoms with Crippen LogP contribution in [0, 0.1) is 5.92 Å². The molecule has 0 heterocycles. The van der Waals surface area contributed by atoms with Gasteiger partial charge in [0.1, 0.15) is 6.04 Å². The molecule has 1 aliphatic rings. The molecule has 20 heavy (non-hydrogen) atoms. The van der Waals surface area contributed by atoms with Crippen molar-refractivity contribution in [2.24, 2.45) is 5.92 Å². The summed E-state index contributed by atoms with van der Waals surface area (Å²) in [6.45, 7) is 1.95. The topological polar surface area (TPSA) is 57.6 Å². The maximum Gasteiger partial charge on any atom is 0.326 e. The van der Waals surface area contributed by atoms with Crippen LogP contribution in [-0.2, 0) is 16.1 Å². The van der Waals surface area contributed by atoms with E-state index in [0.29, 0.717) is 6.54 Å². The highest BCUT2D eigenvalue weighted by atomic mass is 16.4. The van der Waals surface area contributed by atoms with Gasteiger partial charge in [-0.2, -0.15) is 0 Å². The molecule has 1 fully saturated rings. The van der Waals surface area contributed by atoms with Gasteiger partial charge in [0.2, 0.25) is 5.91 Å². The fourth-order valence-corrected chi connectivity index (χ4v) is 2.73. The minimum absolute atomic E-state index is 0.000474. The molecule has 0 spiro atoms. The van der Waals surface area contributed by atoms with Crippen LogP contribution in [0.4, 0.5) is 0 Å². The van der Waals surface area contributed by atoms with Crippen molar-refractivity contribution in [3.63, 3.8) is 0 Å². The number of carbonyl (C=O) groups excluding carboxylic acids is 1.